The first kappa shape index (κ1) is 21.4. The molecule has 0 aliphatic carbocycles. The Balaban J connectivity index is 1.38. The molecule has 0 fully saturated rings. The van der Waals surface area contributed by atoms with Crippen LogP contribution in [0.5, 0.6) is 0 Å². The Morgan fingerprint density at radius 3 is 2.47 bits per heavy atom. The van der Waals surface area contributed by atoms with Crippen molar-refractivity contribution in [2.75, 3.05) is 10.6 Å². The molecule has 2 aromatic carbocycles. The molecule has 7 nitrogen and oxygen atoms in total. The zero-order valence-electron chi connectivity index (χ0n) is 17.7. The number of anilines is 2. The van der Waals surface area contributed by atoms with Crippen molar-refractivity contribution >= 4 is 45.8 Å². The van der Waals surface area contributed by atoms with Gasteiger partial charge in [0.25, 0.3) is 0 Å². The number of rotatable bonds is 5. The minimum atomic E-state index is -0.427. The first-order chi connectivity index (χ1) is 16.6. The Morgan fingerprint density at radius 2 is 1.68 bits per heavy atom. The van der Waals surface area contributed by atoms with Crippen molar-refractivity contribution in [1.82, 2.24) is 15.0 Å². The lowest BCUT2D eigenvalue weighted by molar-refractivity contribution is 0.104. The molecule has 0 spiro atoms. The fraction of sp³-hybridized carbons (Fsp3) is 0. The third-order valence-electron chi connectivity index (χ3n) is 5.26. The van der Waals surface area contributed by atoms with Gasteiger partial charge in [0, 0.05) is 68.8 Å². The highest BCUT2D eigenvalue weighted by Gasteiger charge is 2.16. The van der Waals surface area contributed by atoms with E-state index in [9.17, 15) is 9.59 Å². The van der Waals surface area contributed by atoms with Gasteiger partial charge in [0.1, 0.15) is 5.65 Å². The summed E-state index contributed by atoms with van der Waals surface area (Å²) in [5, 5.41) is 6.77. The van der Waals surface area contributed by atoms with Gasteiger partial charge in [-0.2, -0.15) is 0 Å². The van der Waals surface area contributed by atoms with E-state index in [1.807, 2.05) is 18.2 Å². The number of halogens is 1. The molecule has 5 rings (SSSR count). The largest absolute Gasteiger partial charge is 0.345 e. The number of pyridine rings is 2. The van der Waals surface area contributed by atoms with Crippen LogP contribution in [0.15, 0.2) is 91.5 Å². The van der Waals surface area contributed by atoms with Gasteiger partial charge in [-0.3, -0.25) is 9.78 Å². The Bertz CT molecular complexity index is 1500. The van der Waals surface area contributed by atoms with E-state index in [2.05, 4.69) is 25.6 Å². The first-order valence-electron chi connectivity index (χ1n) is 10.4. The third kappa shape index (κ3) is 4.51. The second kappa shape index (κ2) is 9.17. The SMILES string of the molecule is O=C(Nc1ccc(Cl)cc1)Nc1cccc(C(=O)c2c[nH]c3ncc(-c4cccnc4)cc23)c1. The maximum absolute atomic E-state index is 13.3. The van der Waals surface area contributed by atoms with Gasteiger partial charge < -0.3 is 15.6 Å². The average molecular weight is 468 g/mol. The summed E-state index contributed by atoms with van der Waals surface area (Å²) < 4.78 is 0. The molecule has 34 heavy (non-hydrogen) atoms. The van der Waals surface area contributed by atoms with Crippen LogP contribution in [0.3, 0.4) is 0 Å². The summed E-state index contributed by atoms with van der Waals surface area (Å²) in [4.78, 5) is 37.3. The number of amides is 2. The summed E-state index contributed by atoms with van der Waals surface area (Å²) in [6.45, 7) is 0. The summed E-state index contributed by atoms with van der Waals surface area (Å²) in [6, 6.07) is 18.8. The second-order valence-corrected chi connectivity index (χ2v) is 8.00. The molecule has 0 aliphatic heterocycles. The zero-order valence-corrected chi connectivity index (χ0v) is 18.5. The van der Waals surface area contributed by atoms with E-state index in [1.165, 1.54) is 0 Å². The van der Waals surface area contributed by atoms with Crippen molar-refractivity contribution in [2.24, 2.45) is 0 Å². The van der Waals surface area contributed by atoms with Gasteiger partial charge >= 0.3 is 6.03 Å². The minimum absolute atomic E-state index is 0.182. The molecule has 0 unspecified atom stereocenters. The monoisotopic (exact) mass is 467 g/mol. The van der Waals surface area contributed by atoms with Gasteiger partial charge in [-0.25, -0.2) is 9.78 Å². The van der Waals surface area contributed by atoms with E-state index in [-0.39, 0.29) is 5.78 Å². The topological polar surface area (TPSA) is 99.8 Å². The molecule has 2 amide bonds. The predicted molar refractivity (Wildman–Crippen MR) is 133 cm³/mol. The molecule has 0 saturated heterocycles. The van der Waals surface area contributed by atoms with Crippen molar-refractivity contribution in [1.29, 1.82) is 0 Å². The number of aromatic nitrogens is 3. The molecule has 8 heteroatoms. The van der Waals surface area contributed by atoms with Crippen LogP contribution < -0.4 is 10.6 Å². The van der Waals surface area contributed by atoms with Crippen LogP contribution in [0.1, 0.15) is 15.9 Å². The fourth-order valence-electron chi connectivity index (χ4n) is 3.60. The van der Waals surface area contributed by atoms with Crippen LogP contribution in [0.4, 0.5) is 16.2 Å². The highest BCUT2D eigenvalue weighted by atomic mass is 35.5. The van der Waals surface area contributed by atoms with Gasteiger partial charge in [0.2, 0.25) is 0 Å². The number of nitrogens with one attached hydrogen (secondary N) is 3. The van der Waals surface area contributed by atoms with Crippen molar-refractivity contribution in [3.8, 4) is 11.1 Å². The third-order valence-corrected chi connectivity index (χ3v) is 5.51. The van der Waals surface area contributed by atoms with E-state index < -0.39 is 6.03 Å². The van der Waals surface area contributed by atoms with Crippen molar-refractivity contribution in [3.63, 3.8) is 0 Å². The van der Waals surface area contributed by atoms with E-state index in [1.54, 1.807) is 73.3 Å². The van der Waals surface area contributed by atoms with Crippen LogP contribution in [0, 0.1) is 0 Å². The van der Waals surface area contributed by atoms with Gasteiger partial charge in [-0.15, -0.1) is 0 Å². The molecule has 0 aliphatic rings. The zero-order chi connectivity index (χ0) is 23.5. The quantitative estimate of drug-likeness (QED) is 0.270. The molecule has 0 saturated carbocycles. The predicted octanol–water partition coefficient (Wildman–Crippen LogP) is 6.15. The second-order valence-electron chi connectivity index (χ2n) is 7.56. The molecule has 0 bridgehead atoms. The number of H-pyrrole nitrogens is 1. The Labute approximate surface area is 199 Å². The van der Waals surface area contributed by atoms with E-state index >= 15 is 0 Å². The Kier molecular flexibility index (Phi) is 5.76. The smallest absolute Gasteiger partial charge is 0.323 e. The number of ketones is 1. The van der Waals surface area contributed by atoms with Crippen LogP contribution in [-0.2, 0) is 0 Å². The molecular formula is C26H18ClN5O2. The summed E-state index contributed by atoms with van der Waals surface area (Å²) in [6.07, 6.45) is 6.85. The standard InChI is InChI=1S/C26H18ClN5O2/c27-19-6-8-20(9-7-19)31-26(34)32-21-5-1-3-16(11-21)24(33)23-15-30-25-22(23)12-18(14-29-25)17-4-2-10-28-13-17/h1-15H,(H,29,30)(H2,31,32,34). The molecule has 166 valence electrons. The number of hydrogen-bond donors (Lipinski definition) is 3. The minimum Gasteiger partial charge on any atom is -0.345 e. The number of hydrogen-bond acceptors (Lipinski definition) is 4. The average Bonchev–Trinajstić information content (AvgIpc) is 3.29. The number of fused-ring (bicyclic) bond motifs is 1. The number of benzene rings is 2. The summed E-state index contributed by atoms with van der Waals surface area (Å²) >= 11 is 5.87. The van der Waals surface area contributed by atoms with E-state index in [0.29, 0.717) is 38.6 Å². The van der Waals surface area contributed by atoms with Crippen molar-refractivity contribution < 1.29 is 9.59 Å². The molecule has 5 aromatic rings. The van der Waals surface area contributed by atoms with Crippen LogP contribution in [0.25, 0.3) is 22.2 Å². The molecule has 3 aromatic heterocycles. The Morgan fingerprint density at radius 1 is 0.853 bits per heavy atom. The normalized spacial score (nSPS) is 10.7. The maximum atomic E-state index is 13.3. The fourth-order valence-corrected chi connectivity index (χ4v) is 3.73. The van der Waals surface area contributed by atoms with Crippen molar-refractivity contribution in [2.45, 2.75) is 0 Å². The van der Waals surface area contributed by atoms with E-state index in [4.69, 9.17) is 11.6 Å². The molecule has 3 heterocycles. The number of nitrogens with zero attached hydrogens (tertiary/aromatic N) is 2. The number of carbonyl (C=O) groups excluding carboxylic acids is 2. The van der Waals surface area contributed by atoms with Crippen LogP contribution >= 0.6 is 11.6 Å². The molecular weight excluding hydrogens is 450 g/mol. The van der Waals surface area contributed by atoms with Gasteiger partial charge in [0.05, 0.1) is 0 Å². The molecule has 0 radical (unpaired) electrons. The summed E-state index contributed by atoms with van der Waals surface area (Å²) in [7, 11) is 0. The van der Waals surface area contributed by atoms with Gasteiger partial charge in [0.15, 0.2) is 5.78 Å². The highest BCUT2D eigenvalue weighted by Crippen LogP contribution is 2.26. The number of carbonyl (C=O) groups is 2. The highest BCUT2D eigenvalue weighted by molar-refractivity contribution is 6.30. The van der Waals surface area contributed by atoms with Gasteiger partial charge in [-0.05, 0) is 48.5 Å². The lowest BCUT2D eigenvalue weighted by Crippen LogP contribution is -2.19. The van der Waals surface area contributed by atoms with Gasteiger partial charge in [-0.1, -0.05) is 29.8 Å². The molecule has 3 N–H and O–H groups in total. The number of urea groups is 1. The maximum Gasteiger partial charge on any atom is 0.323 e. The summed E-state index contributed by atoms with van der Waals surface area (Å²) in [5.74, 6) is -0.182. The van der Waals surface area contributed by atoms with Crippen LogP contribution in [-0.4, -0.2) is 26.8 Å². The lowest BCUT2D eigenvalue weighted by atomic mass is 10.0. The number of aromatic amines is 1. The van der Waals surface area contributed by atoms with E-state index in [0.717, 1.165) is 11.1 Å². The Hall–Kier alpha value is -4.49. The molecule has 0 atom stereocenters. The van der Waals surface area contributed by atoms with Crippen molar-refractivity contribution in [3.05, 3.63) is 108 Å². The van der Waals surface area contributed by atoms with Crippen LogP contribution in [0.2, 0.25) is 5.02 Å². The summed E-state index contributed by atoms with van der Waals surface area (Å²) in [5.41, 5.74) is 4.43. The first-order valence-corrected chi connectivity index (χ1v) is 10.8. The lowest BCUT2D eigenvalue weighted by Gasteiger charge is -2.09.